The summed E-state index contributed by atoms with van der Waals surface area (Å²) < 4.78 is 16.6. The normalized spacial score (nSPS) is 10.3. The number of ether oxygens (including phenoxy) is 3. The average Bonchev–Trinajstić information content (AvgIpc) is 2.71. The fourth-order valence-electron chi connectivity index (χ4n) is 2.68. The van der Waals surface area contributed by atoms with Gasteiger partial charge in [-0.15, -0.1) is 0 Å². The Morgan fingerprint density at radius 3 is 2.33 bits per heavy atom. The number of aryl methyl sites for hydroxylation is 1. The van der Waals surface area contributed by atoms with Gasteiger partial charge < -0.3 is 14.2 Å². The zero-order valence-corrected chi connectivity index (χ0v) is 15.5. The summed E-state index contributed by atoms with van der Waals surface area (Å²) in [7, 11) is 1.55. The van der Waals surface area contributed by atoms with Crippen LogP contribution in [0, 0.1) is 6.92 Å². The van der Waals surface area contributed by atoms with E-state index in [1.54, 1.807) is 25.3 Å². The fraction of sp³-hybridized carbons (Fsp3) is 0.174. The molecule has 0 aliphatic rings. The average molecular weight is 362 g/mol. The Labute approximate surface area is 159 Å². The van der Waals surface area contributed by atoms with Gasteiger partial charge in [0.15, 0.2) is 11.5 Å². The first-order valence-corrected chi connectivity index (χ1v) is 8.73. The van der Waals surface area contributed by atoms with E-state index in [9.17, 15) is 4.79 Å². The van der Waals surface area contributed by atoms with Gasteiger partial charge in [-0.2, -0.15) is 0 Å². The smallest absolute Gasteiger partial charge is 0.338 e. The largest absolute Gasteiger partial charge is 0.493 e. The highest BCUT2D eigenvalue weighted by Crippen LogP contribution is 2.29. The van der Waals surface area contributed by atoms with Gasteiger partial charge in [0.25, 0.3) is 0 Å². The zero-order valence-electron chi connectivity index (χ0n) is 15.5. The lowest BCUT2D eigenvalue weighted by molar-refractivity contribution is 0.0472. The molecule has 27 heavy (non-hydrogen) atoms. The van der Waals surface area contributed by atoms with Crippen molar-refractivity contribution in [2.75, 3.05) is 7.11 Å². The van der Waals surface area contributed by atoms with Crippen molar-refractivity contribution in [1.29, 1.82) is 0 Å². The number of carbonyl (C=O) groups is 1. The van der Waals surface area contributed by atoms with Gasteiger partial charge in [0.1, 0.15) is 13.2 Å². The Bertz CT molecular complexity index is 903. The van der Waals surface area contributed by atoms with Crippen molar-refractivity contribution in [3.8, 4) is 11.5 Å². The molecule has 0 spiro atoms. The van der Waals surface area contributed by atoms with Crippen molar-refractivity contribution in [2.45, 2.75) is 20.1 Å². The standard InChI is InChI=1S/C23H22O4/c1-17-7-6-10-19(13-17)16-27-23(24)20-11-12-21(22(14-20)25-2)26-15-18-8-4-3-5-9-18/h3-14H,15-16H2,1-2H3. The number of rotatable bonds is 7. The van der Waals surface area contributed by atoms with E-state index in [1.165, 1.54) is 0 Å². The van der Waals surface area contributed by atoms with E-state index in [0.29, 0.717) is 23.7 Å². The molecule has 0 saturated carbocycles. The fourth-order valence-corrected chi connectivity index (χ4v) is 2.68. The Morgan fingerprint density at radius 1 is 0.815 bits per heavy atom. The van der Waals surface area contributed by atoms with Crippen LogP contribution >= 0.6 is 0 Å². The summed E-state index contributed by atoms with van der Waals surface area (Å²) in [4.78, 5) is 12.3. The third kappa shape index (κ3) is 5.11. The van der Waals surface area contributed by atoms with Gasteiger partial charge in [-0.3, -0.25) is 0 Å². The molecule has 0 bridgehead atoms. The van der Waals surface area contributed by atoms with Crippen LogP contribution < -0.4 is 9.47 Å². The van der Waals surface area contributed by atoms with E-state index >= 15 is 0 Å². The van der Waals surface area contributed by atoms with Gasteiger partial charge in [0.2, 0.25) is 0 Å². The van der Waals surface area contributed by atoms with Gasteiger partial charge in [-0.05, 0) is 36.2 Å². The second-order valence-electron chi connectivity index (χ2n) is 6.21. The molecule has 0 radical (unpaired) electrons. The molecule has 138 valence electrons. The molecule has 4 heteroatoms. The molecule has 0 aromatic heterocycles. The summed E-state index contributed by atoms with van der Waals surface area (Å²) in [5.74, 6) is 0.678. The van der Waals surface area contributed by atoms with Crippen molar-refractivity contribution in [3.63, 3.8) is 0 Å². The van der Waals surface area contributed by atoms with Crippen molar-refractivity contribution in [2.24, 2.45) is 0 Å². The van der Waals surface area contributed by atoms with E-state index in [1.807, 2.05) is 61.5 Å². The summed E-state index contributed by atoms with van der Waals surface area (Å²) in [6.07, 6.45) is 0. The summed E-state index contributed by atoms with van der Waals surface area (Å²) in [6.45, 7) is 2.66. The van der Waals surface area contributed by atoms with E-state index < -0.39 is 5.97 Å². The van der Waals surface area contributed by atoms with Crippen LogP contribution in [-0.4, -0.2) is 13.1 Å². The molecule has 3 aromatic carbocycles. The van der Waals surface area contributed by atoms with Crippen molar-refractivity contribution < 1.29 is 19.0 Å². The second-order valence-corrected chi connectivity index (χ2v) is 6.21. The Hall–Kier alpha value is -3.27. The monoisotopic (exact) mass is 362 g/mol. The predicted octanol–water partition coefficient (Wildman–Crippen LogP) is 4.94. The maximum absolute atomic E-state index is 12.3. The lowest BCUT2D eigenvalue weighted by Gasteiger charge is -2.12. The lowest BCUT2D eigenvalue weighted by atomic mass is 10.1. The molecule has 0 atom stereocenters. The molecule has 0 saturated heterocycles. The minimum atomic E-state index is -0.399. The number of carbonyl (C=O) groups excluding carboxylic acids is 1. The predicted molar refractivity (Wildman–Crippen MR) is 104 cm³/mol. The maximum atomic E-state index is 12.3. The molecule has 0 unspecified atom stereocenters. The summed E-state index contributed by atoms with van der Waals surface area (Å²) >= 11 is 0. The number of esters is 1. The van der Waals surface area contributed by atoms with E-state index in [4.69, 9.17) is 14.2 Å². The van der Waals surface area contributed by atoms with Crippen molar-refractivity contribution in [1.82, 2.24) is 0 Å². The zero-order chi connectivity index (χ0) is 19.1. The van der Waals surface area contributed by atoms with Gasteiger partial charge in [-0.25, -0.2) is 4.79 Å². The molecule has 4 nitrogen and oxygen atoms in total. The molecular weight excluding hydrogens is 340 g/mol. The van der Waals surface area contributed by atoms with Crippen molar-refractivity contribution in [3.05, 3.63) is 95.1 Å². The summed E-state index contributed by atoms with van der Waals surface area (Å²) in [6, 6.07) is 22.8. The van der Waals surface area contributed by atoms with Gasteiger partial charge in [0.05, 0.1) is 12.7 Å². The number of hydrogen-bond acceptors (Lipinski definition) is 4. The topological polar surface area (TPSA) is 44.8 Å². The molecule has 0 fully saturated rings. The molecule has 0 aliphatic carbocycles. The maximum Gasteiger partial charge on any atom is 0.338 e. The molecule has 3 rings (SSSR count). The Kier molecular flexibility index (Phi) is 6.10. The lowest BCUT2D eigenvalue weighted by Crippen LogP contribution is -2.06. The quantitative estimate of drug-likeness (QED) is 0.559. The minimum absolute atomic E-state index is 0.231. The number of hydrogen-bond donors (Lipinski definition) is 0. The van der Waals surface area contributed by atoms with Crippen molar-refractivity contribution >= 4 is 5.97 Å². The summed E-state index contributed by atoms with van der Waals surface area (Å²) in [5.41, 5.74) is 3.57. The molecule has 0 amide bonds. The molecule has 3 aromatic rings. The van der Waals surface area contributed by atoms with Gasteiger partial charge in [-0.1, -0.05) is 60.2 Å². The van der Waals surface area contributed by atoms with E-state index in [0.717, 1.165) is 16.7 Å². The van der Waals surface area contributed by atoms with Gasteiger partial charge in [0, 0.05) is 0 Å². The van der Waals surface area contributed by atoms with Crippen LogP contribution in [0.1, 0.15) is 27.0 Å². The number of methoxy groups -OCH3 is 1. The first-order chi connectivity index (χ1) is 13.2. The highest BCUT2D eigenvalue weighted by molar-refractivity contribution is 5.90. The molecule has 0 heterocycles. The van der Waals surface area contributed by atoms with Crippen LogP contribution in [0.4, 0.5) is 0 Å². The first kappa shape index (κ1) is 18.5. The van der Waals surface area contributed by atoms with Crippen LogP contribution in [0.2, 0.25) is 0 Å². The third-order valence-corrected chi connectivity index (χ3v) is 4.09. The second kappa shape index (κ2) is 8.90. The summed E-state index contributed by atoms with van der Waals surface area (Å²) in [5, 5.41) is 0. The van der Waals surface area contributed by atoms with Crippen LogP contribution in [0.15, 0.2) is 72.8 Å². The Balaban J connectivity index is 1.64. The number of benzene rings is 3. The third-order valence-electron chi connectivity index (χ3n) is 4.09. The van der Waals surface area contributed by atoms with Crippen LogP contribution in [0.5, 0.6) is 11.5 Å². The molecule has 0 aliphatic heterocycles. The van der Waals surface area contributed by atoms with E-state index in [2.05, 4.69) is 0 Å². The van der Waals surface area contributed by atoms with Crippen LogP contribution in [0.25, 0.3) is 0 Å². The Morgan fingerprint density at radius 2 is 1.59 bits per heavy atom. The van der Waals surface area contributed by atoms with Crippen LogP contribution in [0.3, 0.4) is 0 Å². The minimum Gasteiger partial charge on any atom is -0.493 e. The first-order valence-electron chi connectivity index (χ1n) is 8.73. The van der Waals surface area contributed by atoms with Crippen LogP contribution in [-0.2, 0) is 18.0 Å². The molecular formula is C23H22O4. The highest BCUT2D eigenvalue weighted by Gasteiger charge is 2.13. The highest BCUT2D eigenvalue weighted by atomic mass is 16.5. The van der Waals surface area contributed by atoms with Gasteiger partial charge >= 0.3 is 5.97 Å². The SMILES string of the molecule is COc1cc(C(=O)OCc2cccc(C)c2)ccc1OCc1ccccc1. The van der Waals surface area contributed by atoms with E-state index in [-0.39, 0.29) is 6.61 Å². The molecule has 0 N–H and O–H groups in total.